The van der Waals surface area contributed by atoms with Crippen molar-refractivity contribution in [1.82, 2.24) is 5.32 Å². The van der Waals surface area contributed by atoms with Gasteiger partial charge in [-0.2, -0.15) is 0 Å². The van der Waals surface area contributed by atoms with E-state index in [9.17, 15) is 4.79 Å². The fraction of sp³-hybridized carbons (Fsp3) is 0.800. The van der Waals surface area contributed by atoms with E-state index < -0.39 is 0 Å². The van der Waals surface area contributed by atoms with Gasteiger partial charge >= 0.3 is 0 Å². The van der Waals surface area contributed by atoms with Crippen molar-refractivity contribution in [3.63, 3.8) is 0 Å². The molecule has 1 N–H and O–H groups in total. The second-order valence-corrected chi connectivity index (χ2v) is 3.84. The maximum atomic E-state index is 11.1. The van der Waals surface area contributed by atoms with E-state index in [0.717, 1.165) is 18.8 Å². The van der Waals surface area contributed by atoms with Gasteiger partial charge in [-0.3, -0.25) is 4.79 Å². The van der Waals surface area contributed by atoms with Gasteiger partial charge in [0.25, 0.3) is 0 Å². The SMILES string of the molecule is O=C1CCC2CCCC(C2)N1.[CH2]. The molecule has 1 saturated heterocycles. The van der Waals surface area contributed by atoms with Crippen LogP contribution in [0.15, 0.2) is 0 Å². The number of rotatable bonds is 0. The first kappa shape index (κ1) is 9.56. The van der Waals surface area contributed by atoms with E-state index in [2.05, 4.69) is 5.32 Å². The average molecular weight is 167 g/mol. The van der Waals surface area contributed by atoms with Gasteiger partial charge in [-0.1, -0.05) is 20.3 Å². The molecule has 2 unspecified atom stereocenters. The molecular formula is C10H17NO. The average Bonchev–Trinajstić information content (AvgIpc) is 2.12. The molecular weight excluding hydrogens is 150 g/mol. The van der Waals surface area contributed by atoms with E-state index in [0.29, 0.717) is 6.04 Å². The number of hydrogen-bond acceptors (Lipinski definition) is 1. The Morgan fingerprint density at radius 1 is 1.25 bits per heavy atom. The molecule has 2 bridgehead atoms. The summed E-state index contributed by atoms with van der Waals surface area (Å²) in [5.74, 6) is 1.12. The molecule has 2 heteroatoms. The molecule has 1 amide bonds. The number of fused-ring (bicyclic) bond motifs is 2. The Morgan fingerprint density at radius 2 is 2.08 bits per heavy atom. The highest BCUT2D eigenvalue weighted by Crippen LogP contribution is 2.29. The van der Waals surface area contributed by atoms with Crippen molar-refractivity contribution in [2.45, 2.75) is 44.6 Å². The maximum absolute atomic E-state index is 11.1. The van der Waals surface area contributed by atoms with Crippen molar-refractivity contribution in [1.29, 1.82) is 0 Å². The Hall–Kier alpha value is -0.530. The van der Waals surface area contributed by atoms with Crippen LogP contribution in [0.25, 0.3) is 0 Å². The molecule has 1 saturated carbocycles. The lowest BCUT2D eigenvalue weighted by atomic mass is 9.85. The van der Waals surface area contributed by atoms with E-state index in [1.165, 1.54) is 25.7 Å². The Balaban J connectivity index is 0.000000720. The second-order valence-electron chi connectivity index (χ2n) is 3.84. The highest BCUT2D eigenvalue weighted by atomic mass is 16.1. The molecule has 1 heterocycles. The lowest BCUT2D eigenvalue weighted by Crippen LogP contribution is -2.34. The van der Waals surface area contributed by atoms with Crippen molar-refractivity contribution in [3.8, 4) is 0 Å². The van der Waals surface area contributed by atoms with Gasteiger partial charge in [-0.25, -0.2) is 0 Å². The summed E-state index contributed by atoms with van der Waals surface area (Å²) < 4.78 is 0. The highest BCUT2D eigenvalue weighted by Gasteiger charge is 2.26. The zero-order valence-corrected chi connectivity index (χ0v) is 7.51. The van der Waals surface area contributed by atoms with Crippen LogP contribution in [0, 0.1) is 13.3 Å². The predicted molar refractivity (Wildman–Crippen MR) is 48.5 cm³/mol. The molecule has 12 heavy (non-hydrogen) atoms. The van der Waals surface area contributed by atoms with Crippen LogP contribution in [0.1, 0.15) is 38.5 Å². The summed E-state index contributed by atoms with van der Waals surface area (Å²) in [4.78, 5) is 11.1. The standard InChI is InChI=1S/C9H15NO.CH2/c11-9-5-4-7-2-1-3-8(6-7)10-9;/h7-8H,1-6H2,(H,10,11);1H2. The third-order valence-electron chi connectivity index (χ3n) is 2.93. The van der Waals surface area contributed by atoms with Gasteiger partial charge in [0.2, 0.25) is 5.91 Å². The number of carbonyl (C=O) groups is 1. The minimum absolute atomic E-state index is 0. The van der Waals surface area contributed by atoms with Crippen LogP contribution in [0.4, 0.5) is 0 Å². The van der Waals surface area contributed by atoms with Crippen molar-refractivity contribution in [3.05, 3.63) is 7.43 Å². The zero-order chi connectivity index (χ0) is 7.68. The largest absolute Gasteiger partial charge is 0.353 e. The van der Waals surface area contributed by atoms with Gasteiger partial charge < -0.3 is 5.32 Å². The first-order valence-electron chi connectivity index (χ1n) is 4.64. The summed E-state index contributed by atoms with van der Waals surface area (Å²) in [6, 6.07) is 0.517. The van der Waals surface area contributed by atoms with Gasteiger partial charge in [0.05, 0.1) is 0 Å². The molecule has 2 fully saturated rings. The summed E-state index contributed by atoms with van der Waals surface area (Å²) in [7, 11) is 0. The Bertz CT molecular complexity index is 167. The number of nitrogens with one attached hydrogen (secondary N) is 1. The first-order chi connectivity index (χ1) is 5.34. The van der Waals surface area contributed by atoms with Gasteiger partial charge in [0.15, 0.2) is 0 Å². The highest BCUT2D eigenvalue weighted by molar-refractivity contribution is 5.76. The summed E-state index contributed by atoms with van der Waals surface area (Å²) in [5.41, 5.74) is 0. The summed E-state index contributed by atoms with van der Waals surface area (Å²) in [6.45, 7) is 0. The molecule has 2 atom stereocenters. The fourth-order valence-corrected chi connectivity index (χ4v) is 2.32. The molecule has 0 spiro atoms. The smallest absolute Gasteiger partial charge is 0.220 e. The fourth-order valence-electron chi connectivity index (χ4n) is 2.32. The normalized spacial score (nSPS) is 34.5. The van der Waals surface area contributed by atoms with Gasteiger partial charge in [0.1, 0.15) is 0 Å². The molecule has 2 rings (SSSR count). The maximum Gasteiger partial charge on any atom is 0.220 e. The number of amides is 1. The zero-order valence-electron chi connectivity index (χ0n) is 7.51. The van der Waals surface area contributed by atoms with E-state index in [1.54, 1.807) is 0 Å². The number of hydrogen-bond donors (Lipinski definition) is 1. The predicted octanol–water partition coefficient (Wildman–Crippen LogP) is 1.78. The van der Waals surface area contributed by atoms with Crippen molar-refractivity contribution < 1.29 is 4.79 Å². The summed E-state index contributed by atoms with van der Waals surface area (Å²) in [5, 5.41) is 3.07. The van der Waals surface area contributed by atoms with Crippen LogP contribution in [0.3, 0.4) is 0 Å². The first-order valence-corrected chi connectivity index (χ1v) is 4.64. The van der Waals surface area contributed by atoms with Crippen LogP contribution in [0.2, 0.25) is 0 Å². The molecule has 1 aliphatic heterocycles. The van der Waals surface area contributed by atoms with Crippen LogP contribution in [0.5, 0.6) is 0 Å². The topological polar surface area (TPSA) is 29.1 Å². The van der Waals surface area contributed by atoms with Crippen LogP contribution in [-0.2, 0) is 4.79 Å². The van der Waals surface area contributed by atoms with E-state index in [4.69, 9.17) is 0 Å². The Labute approximate surface area is 74.7 Å². The van der Waals surface area contributed by atoms with Crippen LogP contribution < -0.4 is 5.32 Å². The van der Waals surface area contributed by atoms with E-state index in [1.807, 2.05) is 0 Å². The summed E-state index contributed by atoms with van der Waals surface area (Å²) in [6.07, 6.45) is 7.01. The molecule has 2 nitrogen and oxygen atoms in total. The van der Waals surface area contributed by atoms with Gasteiger partial charge in [-0.05, 0) is 25.2 Å². The van der Waals surface area contributed by atoms with E-state index in [-0.39, 0.29) is 13.3 Å². The monoisotopic (exact) mass is 167 g/mol. The lowest BCUT2D eigenvalue weighted by Gasteiger charge is -2.25. The minimum atomic E-state index is 0. The van der Waals surface area contributed by atoms with Crippen molar-refractivity contribution in [2.75, 3.05) is 0 Å². The lowest BCUT2D eigenvalue weighted by molar-refractivity contribution is -0.121. The molecule has 2 radical (unpaired) electrons. The summed E-state index contributed by atoms with van der Waals surface area (Å²) >= 11 is 0. The number of carbonyl (C=O) groups excluding carboxylic acids is 1. The van der Waals surface area contributed by atoms with Crippen molar-refractivity contribution in [2.24, 2.45) is 5.92 Å². The minimum Gasteiger partial charge on any atom is -0.353 e. The molecule has 0 aromatic heterocycles. The quantitative estimate of drug-likeness (QED) is 0.585. The Morgan fingerprint density at radius 3 is 2.92 bits per heavy atom. The third kappa shape index (κ3) is 1.99. The van der Waals surface area contributed by atoms with Crippen molar-refractivity contribution >= 4 is 5.91 Å². The second kappa shape index (κ2) is 3.92. The molecule has 0 aromatic carbocycles. The molecule has 1 aliphatic carbocycles. The van der Waals surface area contributed by atoms with E-state index >= 15 is 0 Å². The Kier molecular flexibility index (Phi) is 3.12. The molecule has 2 aliphatic rings. The van der Waals surface area contributed by atoms with Crippen LogP contribution in [-0.4, -0.2) is 11.9 Å². The third-order valence-corrected chi connectivity index (χ3v) is 2.93. The van der Waals surface area contributed by atoms with Crippen LogP contribution >= 0.6 is 0 Å². The van der Waals surface area contributed by atoms with Gasteiger partial charge in [0, 0.05) is 12.5 Å². The molecule has 0 aromatic rings. The van der Waals surface area contributed by atoms with Gasteiger partial charge in [-0.15, -0.1) is 0 Å². The molecule has 68 valence electrons.